The van der Waals surface area contributed by atoms with Gasteiger partial charge in [0.25, 0.3) is 0 Å². The molecule has 0 radical (unpaired) electrons. The Labute approximate surface area is 626 Å². The predicted octanol–water partition coefficient (Wildman–Crippen LogP) is 24.9. The number of carbonyl (C=O) groups excluding carboxylic acids is 4. The maximum Gasteiger partial charge on any atom is 0.472 e. The summed E-state index contributed by atoms with van der Waals surface area (Å²) in [7, 11) is -9.92. The SMILES string of the molecule is CCCCCCCCCCCCCC(=O)OC[C@H](COP(=O)(O)OC[C@H](O)COP(=O)(O)OC[C@@H](COC(=O)CCCCCCCCCCCCCCCCC(C)C)OC(=O)CCCCCCCCCCCCCCCCCC(C)C)OC(=O)CCCCCCCCCCCCCCCC(C)C. The molecule has 606 valence electrons. The first-order valence-corrected chi connectivity index (χ1v) is 45.8. The Bertz CT molecular complexity index is 1970. The second kappa shape index (κ2) is 73.2. The van der Waals surface area contributed by atoms with Crippen LogP contribution in [-0.2, 0) is 65.4 Å². The van der Waals surface area contributed by atoms with Crippen LogP contribution in [0.3, 0.4) is 0 Å². The second-order valence-electron chi connectivity index (χ2n) is 31.3. The van der Waals surface area contributed by atoms with Gasteiger partial charge in [0.2, 0.25) is 0 Å². The molecule has 0 aromatic carbocycles. The molecule has 0 aromatic rings. The zero-order valence-corrected chi connectivity index (χ0v) is 68.9. The molecule has 0 bridgehead atoms. The minimum Gasteiger partial charge on any atom is -0.462 e. The lowest BCUT2D eigenvalue weighted by Crippen LogP contribution is -2.30. The van der Waals surface area contributed by atoms with Crippen LogP contribution in [0.1, 0.15) is 434 Å². The van der Waals surface area contributed by atoms with Gasteiger partial charge in [-0.2, -0.15) is 0 Å². The molecule has 0 amide bonds. The molecule has 0 fully saturated rings. The number of unbranched alkanes of at least 4 members (excludes halogenated alkanes) is 49. The van der Waals surface area contributed by atoms with Crippen LogP contribution in [0, 0.1) is 17.8 Å². The van der Waals surface area contributed by atoms with Gasteiger partial charge in [0, 0.05) is 25.7 Å². The molecule has 2 unspecified atom stereocenters. The van der Waals surface area contributed by atoms with Gasteiger partial charge in [-0.3, -0.25) is 37.3 Å². The number of ether oxygens (including phenoxy) is 4. The number of hydrogen-bond acceptors (Lipinski definition) is 15. The van der Waals surface area contributed by atoms with Crippen molar-refractivity contribution >= 4 is 39.5 Å². The smallest absolute Gasteiger partial charge is 0.462 e. The number of phosphoric acid groups is 2. The van der Waals surface area contributed by atoms with Crippen molar-refractivity contribution in [3.63, 3.8) is 0 Å². The van der Waals surface area contributed by atoms with Crippen molar-refractivity contribution in [2.45, 2.75) is 452 Å². The number of rotatable bonds is 81. The minimum absolute atomic E-state index is 0.107. The van der Waals surface area contributed by atoms with Gasteiger partial charge in [-0.15, -0.1) is 0 Å². The van der Waals surface area contributed by atoms with Crippen LogP contribution in [0.2, 0.25) is 0 Å². The van der Waals surface area contributed by atoms with Crippen molar-refractivity contribution in [3.8, 4) is 0 Å². The Morgan fingerprint density at radius 3 is 0.667 bits per heavy atom. The molecule has 0 aliphatic heterocycles. The fraction of sp³-hybridized carbons (Fsp3) is 0.952. The van der Waals surface area contributed by atoms with Crippen LogP contribution >= 0.6 is 15.6 Å². The van der Waals surface area contributed by atoms with Gasteiger partial charge < -0.3 is 33.8 Å². The van der Waals surface area contributed by atoms with Gasteiger partial charge >= 0.3 is 39.5 Å². The van der Waals surface area contributed by atoms with Crippen molar-refractivity contribution < 1.29 is 80.2 Å². The molecule has 0 aliphatic rings. The lowest BCUT2D eigenvalue weighted by atomic mass is 10.0. The minimum atomic E-state index is -4.96. The van der Waals surface area contributed by atoms with E-state index in [-0.39, 0.29) is 25.7 Å². The summed E-state index contributed by atoms with van der Waals surface area (Å²) < 4.78 is 68.8. The molecule has 3 N–H and O–H groups in total. The van der Waals surface area contributed by atoms with E-state index in [0.717, 1.165) is 108 Å². The second-order valence-corrected chi connectivity index (χ2v) is 34.2. The van der Waals surface area contributed by atoms with Gasteiger partial charge in [-0.1, -0.05) is 382 Å². The average Bonchev–Trinajstić information content (AvgIpc) is 0.947. The Morgan fingerprint density at radius 1 is 0.265 bits per heavy atom. The Kier molecular flexibility index (Phi) is 71.8. The molecule has 19 heteroatoms. The summed E-state index contributed by atoms with van der Waals surface area (Å²) in [6.45, 7) is 12.0. The van der Waals surface area contributed by atoms with E-state index in [1.807, 2.05) is 0 Å². The van der Waals surface area contributed by atoms with Gasteiger partial charge in [-0.05, 0) is 43.4 Å². The standard InChI is InChI=1S/C83H162O17P2/c1-8-9-10-11-12-13-26-36-43-50-57-64-80(85)93-70-78(99-83(88)67-60-53-46-39-32-25-19-22-29-35-42-49-56-63-76(6)7)72-97-101(89,90)95-68-77(84)69-96-102(91,92)98-73-79(71-94-81(86)65-58-51-44-37-30-23-18-17-21-28-34-41-48-55-62-75(4)5)100-82(87)66-59-52-45-38-31-24-16-14-15-20-27-33-40-47-54-61-74(2)3/h74-79,84H,8-73H2,1-7H3,(H,89,90)(H,91,92)/t77-,78+,79+/m0/s1. The number of hydrogen-bond donors (Lipinski definition) is 3. The maximum absolute atomic E-state index is 13.1. The zero-order chi connectivity index (χ0) is 75.1. The molecule has 17 nitrogen and oxygen atoms in total. The van der Waals surface area contributed by atoms with Gasteiger partial charge in [0.15, 0.2) is 12.2 Å². The highest BCUT2D eigenvalue weighted by Crippen LogP contribution is 2.45. The molecular weight excluding hydrogens is 1330 g/mol. The van der Waals surface area contributed by atoms with E-state index in [1.165, 1.54) is 244 Å². The Morgan fingerprint density at radius 2 is 0.451 bits per heavy atom. The van der Waals surface area contributed by atoms with E-state index in [0.29, 0.717) is 25.7 Å². The normalized spacial score (nSPS) is 13.9. The molecule has 5 atom stereocenters. The Hall–Kier alpha value is -1.94. The first kappa shape index (κ1) is 100. The van der Waals surface area contributed by atoms with Crippen molar-refractivity contribution in [1.82, 2.24) is 0 Å². The van der Waals surface area contributed by atoms with Gasteiger partial charge in [0.05, 0.1) is 26.4 Å². The van der Waals surface area contributed by atoms with Crippen LogP contribution < -0.4 is 0 Å². The van der Waals surface area contributed by atoms with E-state index in [1.54, 1.807) is 0 Å². The summed E-state index contributed by atoms with van der Waals surface area (Å²) in [5.74, 6) is 0.282. The molecule has 0 saturated carbocycles. The van der Waals surface area contributed by atoms with Crippen LogP contribution in [0.25, 0.3) is 0 Å². The van der Waals surface area contributed by atoms with Crippen molar-refractivity contribution in [2.75, 3.05) is 39.6 Å². The quantitative estimate of drug-likeness (QED) is 0.0222. The molecule has 102 heavy (non-hydrogen) atoms. The number of aliphatic hydroxyl groups is 1. The van der Waals surface area contributed by atoms with E-state index < -0.39 is 97.5 Å². The van der Waals surface area contributed by atoms with Crippen molar-refractivity contribution in [2.24, 2.45) is 17.8 Å². The van der Waals surface area contributed by atoms with E-state index in [4.69, 9.17) is 37.0 Å². The lowest BCUT2D eigenvalue weighted by molar-refractivity contribution is -0.161. The van der Waals surface area contributed by atoms with Crippen LogP contribution in [0.5, 0.6) is 0 Å². The number of phosphoric ester groups is 2. The molecule has 0 spiro atoms. The van der Waals surface area contributed by atoms with Gasteiger partial charge in [-0.25, -0.2) is 9.13 Å². The van der Waals surface area contributed by atoms with Crippen molar-refractivity contribution in [3.05, 3.63) is 0 Å². The third-order valence-electron chi connectivity index (χ3n) is 19.4. The summed E-state index contributed by atoms with van der Waals surface area (Å²) in [5.41, 5.74) is 0. The molecular formula is C83H162O17P2. The third kappa shape index (κ3) is 76.3. The predicted molar refractivity (Wildman–Crippen MR) is 418 cm³/mol. The maximum atomic E-state index is 13.1. The summed E-state index contributed by atoms with van der Waals surface area (Å²) in [4.78, 5) is 73.1. The van der Waals surface area contributed by atoms with Crippen LogP contribution in [-0.4, -0.2) is 96.7 Å². The van der Waals surface area contributed by atoms with E-state index >= 15 is 0 Å². The lowest BCUT2D eigenvalue weighted by Gasteiger charge is -2.21. The molecule has 0 rings (SSSR count). The van der Waals surface area contributed by atoms with E-state index in [2.05, 4.69) is 48.5 Å². The summed E-state index contributed by atoms with van der Waals surface area (Å²) in [5, 5.41) is 10.7. The highest BCUT2D eigenvalue weighted by molar-refractivity contribution is 7.47. The van der Waals surface area contributed by atoms with Crippen molar-refractivity contribution in [1.29, 1.82) is 0 Å². The first-order chi connectivity index (χ1) is 49.2. The number of esters is 4. The fourth-order valence-corrected chi connectivity index (χ4v) is 14.4. The highest BCUT2D eigenvalue weighted by atomic mass is 31.2. The first-order valence-electron chi connectivity index (χ1n) is 42.8. The number of carbonyl (C=O) groups is 4. The summed E-state index contributed by atoms with van der Waals surface area (Å²) >= 11 is 0. The Balaban J connectivity index is 5.26. The molecule has 0 aliphatic carbocycles. The van der Waals surface area contributed by atoms with E-state index in [9.17, 15) is 43.2 Å². The average molecular weight is 1490 g/mol. The summed E-state index contributed by atoms with van der Waals surface area (Å²) in [6.07, 6.45) is 62.3. The largest absolute Gasteiger partial charge is 0.472 e. The topological polar surface area (TPSA) is 237 Å². The zero-order valence-electron chi connectivity index (χ0n) is 67.1. The molecule has 0 saturated heterocycles. The molecule has 0 heterocycles. The van der Waals surface area contributed by atoms with Crippen LogP contribution in [0.4, 0.5) is 0 Å². The van der Waals surface area contributed by atoms with Crippen LogP contribution in [0.15, 0.2) is 0 Å². The molecule has 0 aromatic heterocycles. The highest BCUT2D eigenvalue weighted by Gasteiger charge is 2.30. The summed E-state index contributed by atoms with van der Waals surface area (Å²) in [6, 6.07) is 0. The number of aliphatic hydroxyl groups excluding tert-OH is 1. The third-order valence-corrected chi connectivity index (χ3v) is 21.3. The fourth-order valence-electron chi connectivity index (χ4n) is 12.8. The monoisotopic (exact) mass is 1490 g/mol. The van der Waals surface area contributed by atoms with Gasteiger partial charge in [0.1, 0.15) is 19.3 Å².